The quantitative estimate of drug-likeness (QED) is 0.764. The van der Waals surface area contributed by atoms with Gasteiger partial charge in [0.2, 0.25) is 5.91 Å². The summed E-state index contributed by atoms with van der Waals surface area (Å²) in [5.41, 5.74) is 5.76. The lowest BCUT2D eigenvalue weighted by Gasteiger charge is -2.23. The fraction of sp³-hybridized carbons (Fsp3) is 0.615. The first kappa shape index (κ1) is 14.7. The fourth-order valence-corrected chi connectivity index (χ4v) is 1.79. The second-order valence-electron chi connectivity index (χ2n) is 4.64. The number of nitrogens with two attached hydrogens (primary N) is 1. The summed E-state index contributed by atoms with van der Waals surface area (Å²) >= 11 is 0. The van der Waals surface area contributed by atoms with Crippen LogP contribution in [-0.4, -0.2) is 37.5 Å². The second kappa shape index (κ2) is 7.18. The maximum atomic E-state index is 11.7. The molecule has 0 saturated carbocycles. The van der Waals surface area contributed by atoms with Crippen molar-refractivity contribution in [1.82, 2.24) is 10.2 Å². The van der Waals surface area contributed by atoms with E-state index in [2.05, 4.69) is 5.32 Å². The van der Waals surface area contributed by atoms with E-state index in [1.807, 2.05) is 38.1 Å². The van der Waals surface area contributed by atoms with Crippen LogP contribution < -0.4 is 11.1 Å². The van der Waals surface area contributed by atoms with Crippen LogP contribution in [0.2, 0.25) is 0 Å². The van der Waals surface area contributed by atoms with Crippen LogP contribution in [-0.2, 0) is 4.79 Å². The third kappa shape index (κ3) is 4.16. The van der Waals surface area contributed by atoms with Gasteiger partial charge < -0.3 is 15.5 Å². The van der Waals surface area contributed by atoms with Crippen LogP contribution in [0.15, 0.2) is 22.8 Å². The Labute approximate surface area is 108 Å². The Bertz CT molecular complexity index is 349. The van der Waals surface area contributed by atoms with Gasteiger partial charge in [0.05, 0.1) is 18.3 Å². The van der Waals surface area contributed by atoms with E-state index in [0.717, 1.165) is 12.2 Å². The molecule has 2 atom stereocenters. The molecule has 1 heterocycles. The average Bonchev–Trinajstić information content (AvgIpc) is 2.82. The molecule has 0 fully saturated rings. The van der Waals surface area contributed by atoms with Gasteiger partial charge in [0, 0.05) is 6.54 Å². The minimum Gasteiger partial charge on any atom is -0.468 e. The molecule has 0 saturated heterocycles. The van der Waals surface area contributed by atoms with E-state index >= 15 is 0 Å². The summed E-state index contributed by atoms with van der Waals surface area (Å²) in [7, 11) is 3.90. The van der Waals surface area contributed by atoms with Crippen molar-refractivity contribution in [1.29, 1.82) is 0 Å². The molecule has 0 spiro atoms. The molecule has 102 valence electrons. The van der Waals surface area contributed by atoms with E-state index in [-0.39, 0.29) is 11.9 Å². The van der Waals surface area contributed by atoms with Gasteiger partial charge in [0.1, 0.15) is 5.76 Å². The van der Waals surface area contributed by atoms with Crippen molar-refractivity contribution >= 4 is 5.91 Å². The summed E-state index contributed by atoms with van der Waals surface area (Å²) in [5.74, 6) is 0.736. The van der Waals surface area contributed by atoms with E-state index in [9.17, 15) is 4.79 Å². The molecule has 1 aromatic rings. The topological polar surface area (TPSA) is 71.5 Å². The molecule has 1 unspecified atom stereocenters. The molecule has 0 aliphatic heterocycles. The van der Waals surface area contributed by atoms with Gasteiger partial charge in [-0.3, -0.25) is 9.69 Å². The van der Waals surface area contributed by atoms with Gasteiger partial charge in [-0.1, -0.05) is 13.3 Å². The molecular weight excluding hydrogens is 230 g/mol. The van der Waals surface area contributed by atoms with Crippen molar-refractivity contribution < 1.29 is 9.21 Å². The second-order valence-corrected chi connectivity index (χ2v) is 4.64. The van der Waals surface area contributed by atoms with Gasteiger partial charge in [0.15, 0.2) is 0 Å². The molecule has 0 bridgehead atoms. The van der Waals surface area contributed by atoms with Crippen LogP contribution >= 0.6 is 0 Å². The molecular formula is C13H23N3O2. The van der Waals surface area contributed by atoms with E-state index in [1.165, 1.54) is 0 Å². The Morgan fingerprint density at radius 2 is 2.28 bits per heavy atom. The predicted octanol–water partition coefficient (Wildman–Crippen LogP) is 1.13. The minimum atomic E-state index is -0.422. The lowest BCUT2D eigenvalue weighted by molar-refractivity contribution is -0.122. The van der Waals surface area contributed by atoms with Crippen LogP contribution in [0, 0.1) is 0 Å². The zero-order valence-electron chi connectivity index (χ0n) is 11.3. The highest BCUT2D eigenvalue weighted by molar-refractivity contribution is 5.81. The number of furan rings is 1. The molecule has 0 aliphatic rings. The first-order chi connectivity index (χ1) is 8.56. The fourth-order valence-electron chi connectivity index (χ4n) is 1.79. The SMILES string of the molecule is CCC[C@H](N)C(=O)NCC(c1ccco1)N(C)C. The third-order valence-corrected chi connectivity index (χ3v) is 2.90. The standard InChI is InChI=1S/C13H23N3O2/c1-4-6-10(14)13(17)15-9-11(16(2)3)12-7-5-8-18-12/h5,7-8,10-11H,4,6,9,14H2,1-3H3,(H,15,17)/t10-,11?/m0/s1. The third-order valence-electron chi connectivity index (χ3n) is 2.90. The highest BCUT2D eigenvalue weighted by Crippen LogP contribution is 2.17. The highest BCUT2D eigenvalue weighted by Gasteiger charge is 2.19. The van der Waals surface area contributed by atoms with Crippen LogP contribution in [0.25, 0.3) is 0 Å². The monoisotopic (exact) mass is 253 g/mol. The van der Waals surface area contributed by atoms with Gasteiger partial charge in [-0.15, -0.1) is 0 Å². The molecule has 3 N–H and O–H groups in total. The van der Waals surface area contributed by atoms with E-state index < -0.39 is 6.04 Å². The number of carbonyl (C=O) groups excluding carboxylic acids is 1. The first-order valence-electron chi connectivity index (χ1n) is 6.29. The number of likely N-dealkylation sites (N-methyl/N-ethyl adjacent to an activating group) is 1. The summed E-state index contributed by atoms with van der Waals surface area (Å²) < 4.78 is 5.37. The summed E-state index contributed by atoms with van der Waals surface area (Å²) in [6.45, 7) is 2.51. The Morgan fingerprint density at radius 3 is 2.78 bits per heavy atom. The minimum absolute atomic E-state index is 0.0257. The van der Waals surface area contributed by atoms with Crippen LogP contribution in [0.1, 0.15) is 31.6 Å². The summed E-state index contributed by atoms with van der Waals surface area (Å²) in [5, 5.41) is 2.87. The smallest absolute Gasteiger partial charge is 0.236 e. The molecule has 5 nitrogen and oxygen atoms in total. The molecule has 1 amide bonds. The average molecular weight is 253 g/mol. The van der Waals surface area contributed by atoms with E-state index in [4.69, 9.17) is 10.2 Å². The molecule has 18 heavy (non-hydrogen) atoms. The normalized spacial score (nSPS) is 14.5. The highest BCUT2D eigenvalue weighted by atomic mass is 16.3. The number of nitrogens with zero attached hydrogens (tertiary/aromatic N) is 1. The zero-order chi connectivity index (χ0) is 13.5. The van der Waals surface area contributed by atoms with E-state index in [1.54, 1.807) is 6.26 Å². The zero-order valence-corrected chi connectivity index (χ0v) is 11.3. The Hall–Kier alpha value is -1.33. The van der Waals surface area contributed by atoms with Crippen molar-refractivity contribution in [2.45, 2.75) is 31.8 Å². The van der Waals surface area contributed by atoms with Crippen LogP contribution in [0.3, 0.4) is 0 Å². The van der Waals surface area contributed by atoms with Gasteiger partial charge in [0.25, 0.3) is 0 Å². The van der Waals surface area contributed by atoms with Crippen molar-refractivity contribution in [3.05, 3.63) is 24.2 Å². The molecule has 1 rings (SSSR count). The number of rotatable bonds is 7. The molecule has 0 radical (unpaired) electrons. The van der Waals surface area contributed by atoms with Gasteiger partial charge >= 0.3 is 0 Å². The number of hydrogen-bond acceptors (Lipinski definition) is 4. The summed E-state index contributed by atoms with van der Waals surface area (Å²) in [6.07, 6.45) is 3.25. The van der Waals surface area contributed by atoms with Gasteiger partial charge in [-0.25, -0.2) is 0 Å². The Kier molecular flexibility index (Phi) is 5.88. The maximum Gasteiger partial charge on any atom is 0.236 e. The van der Waals surface area contributed by atoms with Crippen LogP contribution in [0.4, 0.5) is 0 Å². The summed E-state index contributed by atoms with van der Waals surface area (Å²) in [4.78, 5) is 13.7. The number of nitrogens with one attached hydrogen (secondary N) is 1. The predicted molar refractivity (Wildman–Crippen MR) is 71.0 cm³/mol. The van der Waals surface area contributed by atoms with E-state index in [0.29, 0.717) is 13.0 Å². The first-order valence-corrected chi connectivity index (χ1v) is 6.29. The number of hydrogen-bond donors (Lipinski definition) is 2. The van der Waals surface area contributed by atoms with Crippen molar-refractivity contribution in [3.63, 3.8) is 0 Å². The number of carbonyl (C=O) groups is 1. The van der Waals surface area contributed by atoms with Crippen molar-refractivity contribution in [2.24, 2.45) is 5.73 Å². The maximum absolute atomic E-state index is 11.7. The molecule has 0 aromatic carbocycles. The molecule has 0 aliphatic carbocycles. The Balaban J connectivity index is 2.51. The summed E-state index contributed by atoms with van der Waals surface area (Å²) in [6, 6.07) is 3.35. The number of amides is 1. The molecule has 1 aromatic heterocycles. The molecule has 5 heteroatoms. The van der Waals surface area contributed by atoms with Gasteiger partial charge in [-0.05, 0) is 32.6 Å². The van der Waals surface area contributed by atoms with Crippen LogP contribution in [0.5, 0.6) is 0 Å². The van der Waals surface area contributed by atoms with Crippen molar-refractivity contribution in [3.8, 4) is 0 Å². The van der Waals surface area contributed by atoms with Gasteiger partial charge in [-0.2, -0.15) is 0 Å². The largest absolute Gasteiger partial charge is 0.468 e. The lowest BCUT2D eigenvalue weighted by Crippen LogP contribution is -2.43. The lowest BCUT2D eigenvalue weighted by atomic mass is 10.1. The Morgan fingerprint density at radius 1 is 1.56 bits per heavy atom. The van der Waals surface area contributed by atoms with Crippen molar-refractivity contribution in [2.75, 3.05) is 20.6 Å².